The third-order valence-corrected chi connectivity index (χ3v) is 3.55. The second-order valence-corrected chi connectivity index (χ2v) is 5.19. The van der Waals surface area contributed by atoms with E-state index >= 15 is 0 Å². The van der Waals surface area contributed by atoms with Gasteiger partial charge in [-0.15, -0.1) is 11.3 Å². The van der Waals surface area contributed by atoms with E-state index in [0.29, 0.717) is 12.1 Å². The Labute approximate surface area is 125 Å². The summed E-state index contributed by atoms with van der Waals surface area (Å²) in [6, 6.07) is 4.53. The van der Waals surface area contributed by atoms with Gasteiger partial charge in [-0.05, 0) is 23.1 Å². The molecule has 0 fully saturated rings. The van der Waals surface area contributed by atoms with E-state index in [0.717, 1.165) is 16.7 Å². The van der Waals surface area contributed by atoms with Crippen LogP contribution in [0.25, 0.3) is 0 Å². The normalized spacial score (nSPS) is 9.81. The van der Waals surface area contributed by atoms with Gasteiger partial charge in [0.25, 0.3) is 5.91 Å². The number of carbonyl (C=O) groups is 1. The SMILES string of the molecule is CN(Cc1csc(C#CCO)c1)C(=O)c1ccc(=O)oc1. The molecule has 1 N–H and O–H groups in total. The number of carbonyl (C=O) groups excluding carboxylic acids is 1. The molecule has 0 atom stereocenters. The van der Waals surface area contributed by atoms with Crippen molar-refractivity contribution in [2.45, 2.75) is 6.54 Å². The second kappa shape index (κ2) is 6.88. The fourth-order valence-electron chi connectivity index (χ4n) is 1.70. The van der Waals surface area contributed by atoms with E-state index < -0.39 is 5.63 Å². The van der Waals surface area contributed by atoms with Crippen molar-refractivity contribution >= 4 is 17.2 Å². The molecule has 1 amide bonds. The molecule has 0 unspecified atom stereocenters. The van der Waals surface area contributed by atoms with Crippen molar-refractivity contribution < 1.29 is 14.3 Å². The van der Waals surface area contributed by atoms with Gasteiger partial charge < -0.3 is 14.4 Å². The zero-order chi connectivity index (χ0) is 15.2. The summed E-state index contributed by atoms with van der Waals surface area (Å²) in [5.41, 5.74) is 0.794. The molecule has 0 spiro atoms. The van der Waals surface area contributed by atoms with E-state index in [-0.39, 0.29) is 12.5 Å². The third kappa shape index (κ3) is 4.05. The van der Waals surface area contributed by atoms with Crippen LogP contribution in [0.15, 0.2) is 39.1 Å². The molecule has 0 bridgehead atoms. The van der Waals surface area contributed by atoms with Gasteiger partial charge in [0.2, 0.25) is 0 Å². The zero-order valence-electron chi connectivity index (χ0n) is 11.3. The first-order valence-electron chi connectivity index (χ1n) is 6.11. The van der Waals surface area contributed by atoms with Gasteiger partial charge >= 0.3 is 5.63 Å². The largest absolute Gasteiger partial charge is 0.430 e. The smallest absolute Gasteiger partial charge is 0.335 e. The Balaban J connectivity index is 2.05. The highest BCUT2D eigenvalue weighted by Gasteiger charge is 2.13. The molecule has 5 nitrogen and oxygen atoms in total. The molecule has 0 aromatic carbocycles. The van der Waals surface area contributed by atoms with Crippen LogP contribution < -0.4 is 5.63 Å². The Morgan fingerprint density at radius 2 is 2.29 bits per heavy atom. The molecule has 2 aromatic heterocycles. The maximum Gasteiger partial charge on any atom is 0.335 e. The Morgan fingerprint density at radius 3 is 2.95 bits per heavy atom. The lowest BCUT2D eigenvalue weighted by Crippen LogP contribution is -2.26. The molecular formula is C15H13NO4S. The summed E-state index contributed by atoms with van der Waals surface area (Å²) < 4.78 is 4.69. The molecule has 0 saturated heterocycles. The highest BCUT2D eigenvalue weighted by atomic mass is 32.1. The van der Waals surface area contributed by atoms with Crippen LogP contribution in [0.5, 0.6) is 0 Å². The van der Waals surface area contributed by atoms with Crippen molar-refractivity contribution in [2.24, 2.45) is 0 Å². The van der Waals surface area contributed by atoms with Crippen LogP contribution in [0.1, 0.15) is 20.8 Å². The molecule has 2 aromatic rings. The van der Waals surface area contributed by atoms with Gasteiger partial charge in [0.1, 0.15) is 12.9 Å². The van der Waals surface area contributed by atoms with E-state index in [1.165, 1.54) is 28.4 Å². The Hall–Kier alpha value is -2.36. The number of nitrogens with zero attached hydrogens (tertiary/aromatic N) is 1. The van der Waals surface area contributed by atoms with Crippen molar-refractivity contribution in [1.29, 1.82) is 0 Å². The number of thiophene rings is 1. The molecule has 0 aliphatic rings. The Bertz CT molecular complexity index is 730. The summed E-state index contributed by atoms with van der Waals surface area (Å²) in [4.78, 5) is 25.4. The van der Waals surface area contributed by atoms with E-state index in [1.807, 2.05) is 11.4 Å². The summed E-state index contributed by atoms with van der Waals surface area (Å²) in [5.74, 6) is 5.17. The van der Waals surface area contributed by atoms with Crippen molar-refractivity contribution in [3.63, 3.8) is 0 Å². The van der Waals surface area contributed by atoms with Gasteiger partial charge in [0.05, 0.1) is 10.4 Å². The van der Waals surface area contributed by atoms with E-state index in [2.05, 4.69) is 16.3 Å². The van der Waals surface area contributed by atoms with Crippen LogP contribution in [0.2, 0.25) is 0 Å². The minimum absolute atomic E-state index is 0.176. The van der Waals surface area contributed by atoms with Crippen LogP contribution in [-0.2, 0) is 6.54 Å². The molecule has 108 valence electrons. The first-order valence-corrected chi connectivity index (χ1v) is 6.99. The Morgan fingerprint density at radius 1 is 1.48 bits per heavy atom. The van der Waals surface area contributed by atoms with E-state index in [9.17, 15) is 9.59 Å². The predicted octanol–water partition coefficient (Wildman–Crippen LogP) is 1.32. The first-order chi connectivity index (χ1) is 10.1. The maximum atomic E-state index is 12.1. The average Bonchev–Trinajstić information content (AvgIpc) is 2.92. The molecule has 2 rings (SSSR count). The van der Waals surface area contributed by atoms with Crippen molar-refractivity contribution in [2.75, 3.05) is 13.7 Å². The molecule has 0 radical (unpaired) electrons. The lowest BCUT2D eigenvalue weighted by molar-refractivity contribution is 0.0782. The molecule has 0 aliphatic heterocycles. The minimum atomic E-state index is -0.487. The quantitative estimate of drug-likeness (QED) is 0.868. The lowest BCUT2D eigenvalue weighted by atomic mass is 10.2. The number of aliphatic hydroxyl groups excluding tert-OH is 1. The summed E-state index contributed by atoms with van der Waals surface area (Å²) in [7, 11) is 1.67. The van der Waals surface area contributed by atoms with Crippen LogP contribution in [0.3, 0.4) is 0 Å². The van der Waals surface area contributed by atoms with E-state index in [4.69, 9.17) is 5.11 Å². The third-order valence-electron chi connectivity index (χ3n) is 2.66. The summed E-state index contributed by atoms with van der Waals surface area (Å²) in [5, 5.41) is 10.6. The van der Waals surface area contributed by atoms with Crippen molar-refractivity contribution in [3.8, 4) is 11.8 Å². The average molecular weight is 303 g/mol. The number of amides is 1. The fraction of sp³-hybridized carbons (Fsp3) is 0.200. The van der Waals surface area contributed by atoms with Crippen LogP contribution in [0, 0.1) is 11.8 Å². The van der Waals surface area contributed by atoms with Crippen molar-refractivity contribution in [3.05, 3.63) is 56.3 Å². The number of hydrogen-bond donors (Lipinski definition) is 1. The van der Waals surface area contributed by atoms with E-state index in [1.54, 1.807) is 7.05 Å². The van der Waals surface area contributed by atoms with Gasteiger partial charge in [-0.3, -0.25) is 4.79 Å². The van der Waals surface area contributed by atoms with Crippen LogP contribution in [0.4, 0.5) is 0 Å². The zero-order valence-corrected chi connectivity index (χ0v) is 12.1. The second-order valence-electron chi connectivity index (χ2n) is 4.28. The van der Waals surface area contributed by atoms with Crippen LogP contribution >= 0.6 is 11.3 Å². The predicted molar refractivity (Wildman–Crippen MR) is 79.1 cm³/mol. The highest BCUT2D eigenvalue weighted by Crippen LogP contribution is 2.16. The molecule has 2 heterocycles. The maximum absolute atomic E-state index is 12.1. The fourth-order valence-corrected chi connectivity index (χ4v) is 2.47. The van der Waals surface area contributed by atoms with Crippen LogP contribution in [-0.4, -0.2) is 29.6 Å². The molecule has 6 heteroatoms. The summed E-state index contributed by atoms with van der Waals surface area (Å²) in [6.07, 6.45) is 1.16. The van der Waals surface area contributed by atoms with Gasteiger partial charge in [-0.1, -0.05) is 11.8 Å². The number of aliphatic hydroxyl groups is 1. The van der Waals surface area contributed by atoms with Gasteiger partial charge in [0, 0.05) is 19.7 Å². The molecule has 0 saturated carbocycles. The van der Waals surface area contributed by atoms with Crippen molar-refractivity contribution in [1.82, 2.24) is 4.90 Å². The molecule has 0 aliphatic carbocycles. The van der Waals surface area contributed by atoms with Gasteiger partial charge in [-0.25, -0.2) is 4.79 Å². The lowest BCUT2D eigenvalue weighted by Gasteiger charge is -2.15. The van der Waals surface area contributed by atoms with Gasteiger partial charge in [0.15, 0.2) is 0 Å². The molecule has 21 heavy (non-hydrogen) atoms. The summed E-state index contributed by atoms with van der Waals surface area (Å²) in [6.45, 7) is 0.250. The standard InChI is InChI=1S/C15H13NO4S/c1-16(15(19)12-4-5-14(18)20-9-12)8-11-7-13(21-10-11)3-2-6-17/h4-5,7,9-10,17H,6,8H2,1H3. The minimum Gasteiger partial charge on any atom is -0.430 e. The summed E-state index contributed by atoms with van der Waals surface area (Å²) >= 11 is 1.46. The van der Waals surface area contributed by atoms with Gasteiger partial charge in [-0.2, -0.15) is 0 Å². The number of hydrogen-bond acceptors (Lipinski definition) is 5. The Kier molecular flexibility index (Phi) is 4.93. The monoisotopic (exact) mass is 303 g/mol. The first kappa shape index (κ1) is 15.0. The topological polar surface area (TPSA) is 70.8 Å². The molecular weight excluding hydrogens is 290 g/mol. The number of rotatable bonds is 3. The highest BCUT2D eigenvalue weighted by molar-refractivity contribution is 7.10.